The van der Waals surface area contributed by atoms with Crippen molar-refractivity contribution in [3.8, 4) is 0 Å². The van der Waals surface area contributed by atoms with E-state index < -0.39 is 0 Å². The Balaban J connectivity index is 1.48. The van der Waals surface area contributed by atoms with Crippen LogP contribution in [0.4, 0.5) is 4.39 Å². The van der Waals surface area contributed by atoms with Crippen molar-refractivity contribution in [2.45, 2.75) is 38.8 Å². The number of carbonyl (C=O) groups is 2. The van der Waals surface area contributed by atoms with E-state index in [2.05, 4.69) is 25.5 Å². The highest BCUT2D eigenvalue weighted by atomic mass is 19.1. The Morgan fingerprint density at radius 3 is 2.74 bits per heavy atom. The van der Waals surface area contributed by atoms with Crippen LogP contribution in [0.3, 0.4) is 0 Å². The van der Waals surface area contributed by atoms with Gasteiger partial charge in [0.15, 0.2) is 5.82 Å². The van der Waals surface area contributed by atoms with Gasteiger partial charge in [-0.25, -0.2) is 14.4 Å². The van der Waals surface area contributed by atoms with E-state index in [1.54, 1.807) is 36.2 Å². The molecule has 0 radical (unpaired) electrons. The Bertz CT molecular complexity index is 1070. The minimum atomic E-state index is -0.322. The van der Waals surface area contributed by atoms with Gasteiger partial charge in [-0.05, 0) is 49.9 Å². The van der Waals surface area contributed by atoms with Crippen LogP contribution in [-0.2, 0) is 6.54 Å². The summed E-state index contributed by atoms with van der Waals surface area (Å²) >= 11 is 0. The molecule has 2 aromatic heterocycles. The van der Waals surface area contributed by atoms with Crippen molar-refractivity contribution in [3.05, 3.63) is 76.9 Å². The zero-order valence-corrected chi connectivity index (χ0v) is 17.1. The minimum absolute atomic E-state index is 0.135. The zero-order chi connectivity index (χ0) is 21.8. The number of halogens is 1. The van der Waals surface area contributed by atoms with Gasteiger partial charge in [-0.1, -0.05) is 12.1 Å². The van der Waals surface area contributed by atoms with E-state index in [0.717, 1.165) is 24.8 Å². The maximum atomic E-state index is 13.0. The van der Waals surface area contributed by atoms with Gasteiger partial charge in [0.25, 0.3) is 11.8 Å². The number of aromatic amines is 1. The molecule has 31 heavy (non-hydrogen) atoms. The molecule has 1 aliphatic heterocycles. The Kier molecular flexibility index (Phi) is 6.01. The predicted molar refractivity (Wildman–Crippen MR) is 111 cm³/mol. The fraction of sp³-hybridized carbons (Fsp3) is 0.318. The molecular weight excluding hydrogens is 399 g/mol. The summed E-state index contributed by atoms with van der Waals surface area (Å²) in [6, 6.07) is 7.34. The normalized spacial score (nSPS) is 16.2. The second kappa shape index (κ2) is 9.03. The Morgan fingerprint density at radius 2 is 2.03 bits per heavy atom. The van der Waals surface area contributed by atoms with Crippen LogP contribution in [0, 0.1) is 12.7 Å². The average molecular weight is 422 g/mol. The molecular formula is C22H23FN6O2. The van der Waals surface area contributed by atoms with Crippen molar-refractivity contribution in [2.24, 2.45) is 0 Å². The standard InChI is InChI=1S/C22H23FN6O2/c1-14-17(21(30)25-12-15-5-7-16(23)8-6-15)13-24-20(27-14)19-4-2-3-11-29(19)22(31)18-9-10-26-28-18/h5-10,13,19H,2-4,11-12H2,1H3,(H,25,30)(H,26,28)/t19-/m1/s1. The molecule has 1 atom stereocenters. The summed E-state index contributed by atoms with van der Waals surface area (Å²) in [4.78, 5) is 36.2. The topological polar surface area (TPSA) is 104 Å². The van der Waals surface area contributed by atoms with Crippen LogP contribution in [0.2, 0.25) is 0 Å². The largest absolute Gasteiger partial charge is 0.348 e. The van der Waals surface area contributed by atoms with Gasteiger partial charge in [-0.15, -0.1) is 0 Å². The fourth-order valence-corrected chi connectivity index (χ4v) is 3.72. The van der Waals surface area contributed by atoms with Crippen LogP contribution in [0.15, 0.2) is 42.7 Å². The molecule has 1 aromatic carbocycles. The van der Waals surface area contributed by atoms with Crippen molar-refractivity contribution < 1.29 is 14.0 Å². The van der Waals surface area contributed by atoms with E-state index in [-0.39, 0.29) is 30.2 Å². The maximum Gasteiger partial charge on any atom is 0.272 e. The van der Waals surface area contributed by atoms with Crippen molar-refractivity contribution in [3.63, 3.8) is 0 Å². The summed E-state index contributed by atoms with van der Waals surface area (Å²) in [7, 11) is 0. The Morgan fingerprint density at radius 1 is 1.23 bits per heavy atom. The second-order valence-corrected chi connectivity index (χ2v) is 7.52. The molecule has 8 nitrogen and oxygen atoms in total. The molecule has 3 aromatic rings. The first-order chi connectivity index (χ1) is 15.0. The lowest BCUT2D eigenvalue weighted by molar-refractivity contribution is 0.0593. The molecule has 0 unspecified atom stereocenters. The number of nitrogens with zero attached hydrogens (tertiary/aromatic N) is 4. The first-order valence-corrected chi connectivity index (χ1v) is 10.2. The first-order valence-electron chi connectivity index (χ1n) is 10.2. The molecule has 1 fully saturated rings. The first kappa shape index (κ1) is 20.6. The smallest absolute Gasteiger partial charge is 0.272 e. The van der Waals surface area contributed by atoms with Crippen LogP contribution < -0.4 is 5.32 Å². The highest BCUT2D eigenvalue weighted by Crippen LogP contribution is 2.30. The van der Waals surface area contributed by atoms with Gasteiger partial charge < -0.3 is 10.2 Å². The lowest BCUT2D eigenvalue weighted by Gasteiger charge is -2.34. The minimum Gasteiger partial charge on any atom is -0.348 e. The lowest BCUT2D eigenvalue weighted by Crippen LogP contribution is -2.39. The molecule has 0 bridgehead atoms. The Labute approximate surface area is 178 Å². The van der Waals surface area contributed by atoms with E-state index in [0.29, 0.717) is 29.3 Å². The van der Waals surface area contributed by atoms with Crippen LogP contribution in [0.1, 0.15) is 63.2 Å². The van der Waals surface area contributed by atoms with E-state index in [4.69, 9.17) is 0 Å². The summed E-state index contributed by atoms with van der Waals surface area (Å²) in [6.07, 6.45) is 5.70. The van der Waals surface area contributed by atoms with Gasteiger partial charge in [-0.2, -0.15) is 5.10 Å². The number of hydrogen-bond donors (Lipinski definition) is 2. The quantitative estimate of drug-likeness (QED) is 0.658. The lowest BCUT2D eigenvalue weighted by atomic mass is 10.0. The highest BCUT2D eigenvalue weighted by Gasteiger charge is 2.31. The summed E-state index contributed by atoms with van der Waals surface area (Å²) in [5, 5.41) is 9.38. The van der Waals surface area contributed by atoms with Crippen LogP contribution in [-0.4, -0.2) is 43.4 Å². The van der Waals surface area contributed by atoms with Gasteiger partial charge in [0, 0.05) is 25.5 Å². The van der Waals surface area contributed by atoms with Crippen molar-refractivity contribution in [2.75, 3.05) is 6.54 Å². The maximum absolute atomic E-state index is 13.0. The zero-order valence-electron chi connectivity index (χ0n) is 17.1. The molecule has 2 amide bonds. The monoisotopic (exact) mass is 422 g/mol. The molecule has 1 aliphatic rings. The van der Waals surface area contributed by atoms with Crippen LogP contribution in [0.5, 0.6) is 0 Å². The van der Waals surface area contributed by atoms with Gasteiger partial charge in [0.2, 0.25) is 0 Å². The number of likely N-dealkylation sites (tertiary alicyclic amines) is 1. The third-order valence-corrected chi connectivity index (χ3v) is 5.40. The molecule has 9 heteroatoms. The van der Waals surface area contributed by atoms with Gasteiger partial charge in [0.05, 0.1) is 17.3 Å². The number of aryl methyl sites for hydroxylation is 1. The second-order valence-electron chi connectivity index (χ2n) is 7.52. The molecule has 0 spiro atoms. The van der Waals surface area contributed by atoms with E-state index in [9.17, 15) is 14.0 Å². The number of amides is 2. The molecule has 1 saturated heterocycles. The average Bonchev–Trinajstić information content (AvgIpc) is 3.33. The molecule has 3 heterocycles. The molecule has 2 N–H and O–H groups in total. The number of rotatable bonds is 5. The number of carbonyl (C=O) groups excluding carboxylic acids is 2. The summed E-state index contributed by atoms with van der Waals surface area (Å²) in [5.41, 5.74) is 2.13. The molecule has 0 aliphatic carbocycles. The third kappa shape index (κ3) is 4.60. The van der Waals surface area contributed by atoms with Gasteiger partial charge in [0.1, 0.15) is 11.5 Å². The van der Waals surface area contributed by atoms with Crippen molar-refractivity contribution in [1.82, 2.24) is 30.4 Å². The van der Waals surface area contributed by atoms with Gasteiger partial charge >= 0.3 is 0 Å². The predicted octanol–water partition coefficient (Wildman–Crippen LogP) is 2.94. The number of hydrogen-bond acceptors (Lipinski definition) is 5. The number of benzene rings is 1. The highest BCUT2D eigenvalue weighted by molar-refractivity contribution is 5.95. The number of nitrogens with one attached hydrogen (secondary N) is 2. The van der Waals surface area contributed by atoms with Gasteiger partial charge in [-0.3, -0.25) is 14.7 Å². The van der Waals surface area contributed by atoms with E-state index in [1.165, 1.54) is 18.3 Å². The summed E-state index contributed by atoms with van der Waals surface area (Å²) < 4.78 is 13.0. The molecule has 4 rings (SSSR count). The fourth-order valence-electron chi connectivity index (χ4n) is 3.72. The van der Waals surface area contributed by atoms with Crippen LogP contribution in [0.25, 0.3) is 0 Å². The Hall–Kier alpha value is -3.62. The number of H-pyrrole nitrogens is 1. The van der Waals surface area contributed by atoms with Crippen molar-refractivity contribution in [1.29, 1.82) is 0 Å². The summed E-state index contributed by atoms with van der Waals surface area (Å²) in [5.74, 6) is -0.232. The SMILES string of the molecule is Cc1nc([C@H]2CCCCN2C(=O)c2ccn[nH]2)ncc1C(=O)NCc1ccc(F)cc1. The number of piperidine rings is 1. The van der Waals surface area contributed by atoms with E-state index in [1.807, 2.05) is 0 Å². The molecule has 0 saturated carbocycles. The number of aromatic nitrogens is 4. The molecule has 160 valence electrons. The third-order valence-electron chi connectivity index (χ3n) is 5.40. The van der Waals surface area contributed by atoms with Crippen molar-refractivity contribution >= 4 is 11.8 Å². The summed E-state index contributed by atoms with van der Waals surface area (Å²) in [6.45, 7) is 2.64. The van der Waals surface area contributed by atoms with Crippen LogP contribution >= 0.6 is 0 Å². The van der Waals surface area contributed by atoms with E-state index >= 15 is 0 Å².